The first-order valence-electron chi connectivity index (χ1n) is 8.83. The van der Waals surface area contributed by atoms with Gasteiger partial charge < -0.3 is 19.5 Å². The van der Waals surface area contributed by atoms with Gasteiger partial charge in [-0.15, -0.1) is 0 Å². The number of amides is 2. The fraction of sp³-hybridized carbons (Fsp3) is 0.421. The third-order valence-corrected chi connectivity index (χ3v) is 5.56. The molecule has 1 N–H and O–H groups in total. The second kappa shape index (κ2) is 6.48. The van der Waals surface area contributed by atoms with Gasteiger partial charge in [0, 0.05) is 51.1 Å². The Labute approximate surface area is 152 Å². The van der Waals surface area contributed by atoms with Crippen LogP contribution in [-0.4, -0.2) is 52.5 Å². The molecule has 0 radical (unpaired) electrons. The number of rotatable bonds is 4. The zero-order chi connectivity index (χ0) is 18.1. The number of ether oxygens (including phenoxy) is 1. The number of nitrogens with zero attached hydrogens (tertiary/aromatic N) is 3. The standard InChI is InChI=1S/C19H22N4O3/c1-22-9-4-5-15(22)17(24)23-10-7-19(13-23)14(11-21-18(19)25)12-26-16-6-2-3-8-20-16/h2-6,8-9,14H,7,10-13H2,1H3,(H,21,25)/t14-,19+/m1/s1. The highest BCUT2D eigenvalue weighted by Crippen LogP contribution is 2.42. The van der Waals surface area contributed by atoms with Crippen LogP contribution in [-0.2, 0) is 11.8 Å². The van der Waals surface area contributed by atoms with Gasteiger partial charge >= 0.3 is 0 Å². The number of hydrogen-bond donors (Lipinski definition) is 1. The normalized spacial score (nSPS) is 24.9. The highest BCUT2D eigenvalue weighted by molar-refractivity contribution is 5.94. The molecule has 4 rings (SSSR count). The lowest BCUT2D eigenvalue weighted by molar-refractivity contribution is -0.128. The molecule has 2 saturated heterocycles. The van der Waals surface area contributed by atoms with Gasteiger partial charge in [0.2, 0.25) is 11.8 Å². The maximum atomic E-state index is 12.8. The molecule has 2 aromatic heterocycles. The quantitative estimate of drug-likeness (QED) is 0.891. The molecule has 7 heteroatoms. The Morgan fingerprint density at radius 1 is 1.38 bits per heavy atom. The van der Waals surface area contributed by atoms with Crippen molar-refractivity contribution in [1.82, 2.24) is 19.8 Å². The van der Waals surface area contributed by atoms with Gasteiger partial charge in [-0.2, -0.15) is 0 Å². The molecule has 0 aliphatic carbocycles. The van der Waals surface area contributed by atoms with E-state index in [0.717, 1.165) is 0 Å². The second-order valence-corrected chi connectivity index (χ2v) is 7.02. The molecule has 7 nitrogen and oxygen atoms in total. The lowest BCUT2D eigenvalue weighted by Crippen LogP contribution is -2.41. The molecule has 1 spiro atoms. The number of pyridine rings is 1. The minimum absolute atomic E-state index is 0.0169. The summed E-state index contributed by atoms with van der Waals surface area (Å²) in [6.07, 6.45) is 4.19. The molecule has 2 aliphatic rings. The summed E-state index contributed by atoms with van der Waals surface area (Å²) >= 11 is 0. The van der Waals surface area contributed by atoms with E-state index >= 15 is 0 Å². The SMILES string of the molecule is Cn1cccc1C(=O)N1CC[C@@]2(C1)C(=O)NC[C@@H]2COc1ccccn1. The lowest BCUT2D eigenvalue weighted by atomic mass is 9.77. The molecular weight excluding hydrogens is 332 g/mol. The molecule has 26 heavy (non-hydrogen) atoms. The van der Waals surface area contributed by atoms with E-state index < -0.39 is 5.41 Å². The van der Waals surface area contributed by atoms with Crippen molar-refractivity contribution in [3.63, 3.8) is 0 Å². The van der Waals surface area contributed by atoms with E-state index in [-0.39, 0.29) is 17.7 Å². The fourth-order valence-corrected chi connectivity index (χ4v) is 3.98. The monoisotopic (exact) mass is 354 g/mol. The van der Waals surface area contributed by atoms with E-state index in [2.05, 4.69) is 10.3 Å². The van der Waals surface area contributed by atoms with Crippen LogP contribution in [0.1, 0.15) is 16.9 Å². The zero-order valence-electron chi connectivity index (χ0n) is 14.7. The maximum Gasteiger partial charge on any atom is 0.270 e. The molecular formula is C19H22N4O3. The first-order chi connectivity index (χ1) is 12.6. The summed E-state index contributed by atoms with van der Waals surface area (Å²) in [5.41, 5.74) is 0.0667. The Hall–Kier alpha value is -2.83. The topological polar surface area (TPSA) is 76.5 Å². The molecule has 136 valence electrons. The predicted octanol–water partition coefficient (Wildman–Crippen LogP) is 1.08. The lowest BCUT2D eigenvalue weighted by Gasteiger charge is -2.28. The molecule has 2 aliphatic heterocycles. The number of aryl methyl sites for hydroxylation is 1. The van der Waals surface area contributed by atoms with Crippen molar-refractivity contribution in [3.05, 3.63) is 48.4 Å². The van der Waals surface area contributed by atoms with Gasteiger partial charge in [0.25, 0.3) is 5.91 Å². The van der Waals surface area contributed by atoms with Crippen molar-refractivity contribution >= 4 is 11.8 Å². The first kappa shape index (κ1) is 16.6. The van der Waals surface area contributed by atoms with Crippen LogP contribution in [0.2, 0.25) is 0 Å². The third kappa shape index (κ3) is 2.73. The van der Waals surface area contributed by atoms with Gasteiger partial charge in [-0.3, -0.25) is 9.59 Å². The summed E-state index contributed by atoms with van der Waals surface area (Å²) in [6.45, 7) is 1.98. The predicted molar refractivity (Wildman–Crippen MR) is 94.6 cm³/mol. The molecule has 0 bridgehead atoms. The summed E-state index contributed by atoms with van der Waals surface area (Å²) in [7, 11) is 1.85. The summed E-state index contributed by atoms with van der Waals surface area (Å²) in [4.78, 5) is 31.4. The second-order valence-electron chi connectivity index (χ2n) is 7.02. The van der Waals surface area contributed by atoms with Crippen LogP contribution in [0, 0.1) is 11.3 Å². The molecule has 2 atom stereocenters. The van der Waals surface area contributed by atoms with Crippen LogP contribution in [0.25, 0.3) is 0 Å². The third-order valence-electron chi connectivity index (χ3n) is 5.56. The van der Waals surface area contributed by atoms with E-state index in [1.807, 2.05) is 42.1 Å². The van der Waals surface area contributed by atoms with Gasteiger partial charge in [0.15, 0.2) is 0 Å². The van der Waals surface area contributed by atoms with E-state index in [0.29, 0.717) is 44.2 Å². The average Bonchev–Trinajstić information content (AvgIpc) is 3.36. The summed E-state index contributed by atoms with van der Waals surface area (Å²) < 4.78 is 7.61. The van der Waals surface area contributed by atoms with Crippen molar-refractivity contribution in [2.45, 2.75) is 6.42 Å². The zero-order valence-corrected chi connectivity index (χ0v) is 14.7. The molecule has 2 amide bonds. The largest absolute Gasteiger partial charge is 0.477 e. The highest BCUT2D eigenvalue weighted by Gasteiger charge is 2.55. The summed E-state index contributed by atoms with van der Waals surface area (Å²) in [5, 5.41) is 2.96. The summed E-state index contributed by atoms with van der Waals surface area (Å²) in [5.74, 6) is 0.563. The van der Waals surface area contributed by atoms with Gasteiger partial charge in [0.1, 0.15) is 5.69 Å². The van der Waals surface area contributed by atoms with Gasteiger partial charge in [-0.25, -0.2) is 4.98 Å². The Kier molecular flexibility index (Phi) is 4.14. The molecule has 0 aromatic carbocycles. The van der Waals surface area contributed by atoms with Gasteiger partial charge in [-0.05, 0) is 24.6 Å². The Morgan fingerprint density at radius 3 is 3.00 bits per heavy atom. The van der Waals surface area contributed by atoms with Crippen molar-refractivity contribution in [3.8, 4) is 5.88 Å². The van der Waals surface area contributed by atoms with Crippen LogP contribution in [0.3, 0.4) is 0 Å². The van der Waals surface area contributed by atoms with Crippen LogP contribution in [0.4, 0.5) is 0 Å². The molecule has 2 aromatic rings. The minimum Gasteiger partial charge on any atom is -0.477 e. The van der Waals surface area contributed by atoms with Crippen LogP contribution >= 0.6 is 0 Å². The number of aromatic nitrogens is 2. The number of nitrogens with one attached hydrogen (secondary N) is 1. The molecule has 2 fully saturated rings. The number of carbonyl (C=O) groups is 2. The van der Waals surface area contributed by atoms with Crippen LogP contribution in [0.5, 0.6) is 5.88 Å². The molecule has 0 unspecified atom stereocenters. The number of carbonyl (C=O) groups excluding carboxylic acids is 2. The van der Waals surface area contributed by atoms with Gasteiger partial charge in [-0.1, -0.05) is 6.07 Å². The van der Waals surface area contributed by atoms with Crippen molar-refractivity contribution in [2.24, 2.45) is 18.4 Å². The van der Waals surface area contributed by atoms with Crippen LogP contribution < -0.4 is 10.1 Å². The van der Waals surface area contributed by atoms with Crippen molar-refractivity contribution in [2.75, 3.05) is 26.2 Å². The fourth-order valence-electron chi connectivity index (χ4n) is 3.98. The van der Waals surface area contributed by atoms with Crippen molar-refractivity contribution < 1.29 is 14.3 Å². The number of hydrogen-bond acceptors (Lipinski definition) is 4. The summed E-state index contributed by atoms with van der Waals surface area (Å²) in [6, 6.07) is 9.16. The smallest absolute Gasteiger partial charge is 0.270 e. The maximum absolute atomic E-state index is 12.8. The van der Waals surface area contributed by atoms with E-state index in [9.17, 15) is 9.59 Å². The van der Waals surface area contributed by atoms with E-state index in [4.69, 9.17) is 4.74 Å². The van der Waals surface area contributed by atoms with Crippen LogP contribution in [0.15, 0.2) is 42.7 Å². The Bertz CT molecular complexity index is 819. The average molecular weight is 354 g/mol. The van der Waals surface area contributed by atoms with E-state index in [1.54, 1.807) is 17.2 Å². The first-order valence-corrected chi connectivity index (χ1v) is 8.83. The van der Waals surface area contributed by atoms with Gasteiger partial charge in [0.05, 0.1) is 12.0 Å². The molecule has 0 saturated carbocycles. The number of likely N-dealkylation sites (tertiary alicyclic amines) is 1. The Morgan fingerprint density at radius 2 is 2.27 bits per heavy atom. The van der Waals surface area contributed by atoms with Crippen molar-refractivity contribution in [1.29, 1.82) is 0 Å². The van der Waals surface area contributed by atoms with E-state index in [1.165, 1.54) is 0 Å². The minimum atomic E-state index is -0.574. The highest BCUT2D eigenvalue weighted by atomic mass is 16.5. The Balaban J connectivity index is 1.48. The molecule has 4 heterocycles.